The lowest BCUT2D eigenvalue weighted by molar-refractivity contribution is -0.123. The zero-order valence-corrected chi connectivity index (χ0v) is 21.0. The quantitative estimate of drug-likeness (QED) is 0.491. The van der Waals surface area contributed by atoms with Crippen molar-refractivity contribution in [1.29, 1.82) is 0 Å². The molecule has 8 nitrogen and oxygen atoms in total. The van der Waals surface area contributed by atoms with Gasteiger partial charge >= 0.3 is 5.97 Å². The van der Waals surface area contributed by atoms with Crippen molar-refractivity contribution >= 4 is 39.1 Å². The van der Waals surface area contributed by atoms with E-state index in [1.165, 1.54) is 17.3 Å². The van der Waals surface area contributed by atoms with Crippen LogP contribution in [0.5, 0.6) is 0 Å². The van der Waals surface area contributed by atoms with Crippen LogP contribution in [0.1, 0.15) is 60.9 Å². The Morgan fingerprint density at radius 2 is 1.65 bits per heavy atom. The first-order valence-electron chi connectivity index (χ1n) is 11.0. The topological polar surface area (TPSA) is 110 Å². The molecule has 1 heterocycles. The second-order valence-corrected chi connectivity index (χ2v) is 11.5. The molecule has 2 unspecified atom stereocenters. The number of nitrogens with one attached hydrogen (secondary N) is 1. The number of ketones is 1. The number of Topliss-reactive ketones (excluding diaryl/α,β-unsaturated/α-hetero) is 1. The van der Waals surface area contributed by atoms with E-state index in [1.54, 1.807) is 64.1 Å². The standard InChI is InChI=1S/C25H30N2O6S/c1-15-13-19-14-18(9-12-21(19)27(15)34(6,31)32)23(29)33-16(2)22(28)17-7-10-20(11-8-17)26-24(30)25(3,4)5/h7-12,14-16H,13H2,1-6H3,(H,26,30). The fraction of sp³-hybridized carbons (Fsp3) is 0.400. The predicted octanol–water partition coefficient (Wildman–Crippen LogP) is 3.81. The molecule has 0 spiro atoms. The van der Waals surface area contributed by atoms with Gasteiger partial charge in [0.1, 0.15) is 0 Å². The van der Waals surface area contributed by atoms with Crippen LogP contribution in [0.15, 0.2) is 42.5 Å². The highest BCUT2D eigenvalue weighted by Gasteiger charge is 2.33. The van der Waals surface area contributed by atoms with Crippen LogP contribution in [0.25, 0.3) is 0 Å². The van der Waals surface area contributed by atoms with E-state index in [1.807, 2.05) is 0 Å². The number of nitrogens with zero attached hydrogens (tertiary/aromatic N) is 1. The maximum absolute atomic E-state index is 12.7. The van der Waals surface area contributed by atoms with Gasteiger partial charge in [0.2, 0.25) is 21.7 Å². The van der Waals surface area contributed by atoms with Crippen molar-refractivity contribution in [3.63, 3.8) is 0 Å². The van der Waals surface area contributed by atoms with Gasteiger partial charge in [0.25, 0.3) is 0 Å². The molecule has 34 heavy (non-hydrogen) atoms. The fourth-order valence-corrected chi connectivity index (χ4v) is 5.05. The second kappa shape index (κ2) is 9.21. The number of esters is 1. The lowest BCUT2D eigenvalue weighted by atomic mass is 9.95. The summed E-state index contributed by atoms with van der Waals surface area (Å²) < 4.78 is 30.9. The van der Waals surface area contributed by atoms with Gasteiger partial charge in [0.15, 0.2) is 6.10 Å². The van der Waals surface area contributed by atoms with Crippen LogP contribution in [0, 0.1) is 5.41 Å². The first-order chi connectivity index (χ1) is 15.7. The summed E-state index contributed by atoms with van der Waals surface area (Å²) in [5.74, 6) is -1.18. The molecule has 0 fully saturated rings. The number of carbonyl (C=O) groups is 3. The van der Waals surface area contributed by atoms with Gasteiger partial charge < -0.3 is 10.1 Å². The van der Waals surface area contributed by atoms with Crippen molar-refractivity contribution in [1.82, 2.24) is 0 Å². The van der Waals surface area contributed by atoms with Crippen molar-refractivity contribution in [3.05, 3.63) is 59.2 Å². The summed E-state index contributed by atoms with van der Waals surface area (Å²) in [6.07, 6.45) is 0.608. The molecule has 1 aliphatic rings. The van der Waals surface area contributed by atoms with E-state index in [4.69, 9.17) is 4.74 Å². The minimum Gasteiger partial charge on any atom is -0.451 e. The highest BCUT2D eigenvalue weighted by molar-refractivity contribution is 7.92. The first-order valence-corrected chi connectivity index (χ1v) is 12.8. The zero-order chi connectivity index (χ0) is 25.4. The van der Waals surface area contributed by atoms with Crippen LogP contribution in [-0.2, 0) is 26.0 Å². The second-order valence-electron chi connectivity index (χ2n) is 9.65. The Kier molecular flexibility index (Phi) is 6.89. The van der Waals surface area contributed by atoms with Crippen LogP contribution in [0.3, 0.4) is 0 Å². The monoisotopic (exact) mass is 486 g/mol. The summed E-state index contributed by atoms with van der Waals surface area (Å²) in [7, 11) is -3.43. The highest BCUT2D eigenvalue weighted by Crippen LogP contribution is 2.35. The number of anilines is 2. The number of sulfonamides is 1. The largest absolute Gasteiger partial charge is 0.451 e. The smallest absolute Gasteiger partial charge is 0.338 e. The minimum atomic E-state index is -3.43. The Morgan fingerprint density at radius 3 is 2.21 bits per heavy atom. The normalized spacial score (nSPS) is 16.5. The molecule has 1 aliphatic heterocycles. The van der Waals surface area contributed by atoms with E-state index in [-0.39, 0.29) is 23.3 Å². The molecule has 182 valence electrons. The Morgan fingerprint density at radius 1 is 1.06 bits per heavy atom. The van der Waals surface area contributed by atoms with Gasteiger partial charge in [-0.3, -0.25) is 13.9 Å². The third-order valence-electron chi connectivity index (χ3n) is 5.59. The molecule has 0 saturated heterocycles. The summed E-state index contributed by atoms with van der Waals surface area (Å²) in [5.41, 5.74) is 1.91. The minimum absolute atomic E-state index is 0.141. The molecule has 1 amide bonds. The van der Waals surface area contributed by atoms with Crippen LogP contribution in [0.2, 0.25) is 0 Å². The number of hydrogen-bond donors (Lipinski definition) is 1. The van der Waals surface area contributed by atoms with E-state index in [2.05, 4.69) is 5.32 Å². The average molecular weight is 487 g/mol. The fourth-order valence-electron chi connectivity index (χ4n) is 3.79. The summed E-state index contributed by atoms with van der Waals surface area (Å²) in [4.78, 5) is 37.5. The van der Waals surface area contributed by atoms with Crippen LogP contribution in [0.4, 0.5) is 11.4 Å². The molecule has 0 aliphatic carbocycles. The molecule has 0 radical (unpaired) electrons. The number of hydrogen-bond acceptors (Lipinski definition) is 6. The summed E-state index contributed by atoms with van der Waals surface area (Å²) in [6, 6.07) is 10.9. The molecule has 1 N–H and O–H groups in total. The lowest BCUT2D eigenvalue weighted by Crippen LogP contribution is -2.34. The summed E-state index contributed by atoms with van der Waals surface area (Å²) in [6.45, 7) is 8.72. The van der Waals surface area contributed by atoms with E-state index < -0.39 is 27.5 Å². The number of carbonyl (C=O) groups excluding carboxylic acids is 3. The maximum atomic E-state index is 12.7. The average Bonchev–Trinajstić information content (AvgIpc) is 3.08. The third kappa shape index (κ3) is 5.47. The van der Waals surface area contributed by atoms with E-state index in [9.17, 15) is 22.8 Å². The Bertz CT molecular complexity index is 1230. The maximum Gasteiger partial charge on any atom is 0.338 e. The van der Waals surface area contributed by atoms with Crippen LogP contribution < -0.4 is 9.62 Å². The van der Waals surface area contributed by atoms with E-state index in [0.717, 1.165) is 11.8 Å². The van der Waals surface area contributed by atoms with Gasteiger partial charge in [-0.25, -0.2) is 13.2 Å². The molecule has 2 aromatic carbocycles. The highest BCUT2D eigenvalue weighted by atomic mass is 32.2. The Hall–Kier alpha value is -3.20. The summed E-state index contributed by atoms with van der Waals surface area (Å²) >= 11 is 0. The van der Waals surface area contributed by atoms with Gasteiger partial charge in [0.05, 0.1) is 17.5 Å². The molecule has 3 rings (SSSR count). The van der Waals surface area contributed by atoms with Gasteiger partial charge in [-0.2, -0.15) is 0 Å². The van der Waals surface area contributed by atoms with Crippen LogP contribution in [-0.4, -0.2) is 44.5 Å². The van der Waals surface area contributed by atoms with Crippen molar-refractivity contribution in [3.8, 4) is 0 Å². The van der Waals surface area contributed by atoms with E-state index >= 15 is 0 Å². The van der Waals surface area contributed by atoms with Gasteiger partial charge in [-0.05, 0) is 68.3 Å². The van der Waals surface area contributed by atoms with Gasteiger partial charge in [-0.1, -0.05) is 20.8 Å². The molecule has 0 aromatic heterocycles. The van der Waals surface area contributed by atoms with Crippen molar-refractivity contribution < 1.29 is 27.5 Å². The summed E-state index contributed by atoms with van der Waals surface area (Å²) in [5, 5.41) is 2.79. The molecule has 0 saturated carbocycles. The van der Waals surface area contributed by atoms with E-state index in [0.29, 0.717) is 23.4 Å². The van der Waals surface area contributed by atoms with Crippen molar-refractivity contribution in [2.45, 2.75) is 53.2 Å². The molecule has 9 heteroatoms. The number of benzene rings is 2. The Balaban J connectivity index is 1.67. The molecule has 2 aromatic rings. The Labute approximate surface area is 200 Å². The molecular weight excluding hydrogens is 456 g/mol. The number of fused-ring (bicyclic) bond motifs is 1. The van der Waals surface area contributed by atoms with Gasteiger partial charge in [-0.15, -0.1) is 0 Å². The molecular formula is C25H30N2O6S. The number of ether oxygens (including phenoxy) is 1. The van der Waals surface area contributed by atoms with Crippen LogP contribution >= 0.6 is 0 Å². The zero-order valence-electron chi connectivity index (χ0n) is 20.2. The van der Waals surface area contributed by atoms with Crippen molar-refractivity contribution in [2.24, 2.45) is 5.41 Å². The number of rotatable bonds is 6. The SMILES string of the molecule is CC(OC(=O)c1ccc2c(c1)CC(C)N2S(C)(=O)=O)C(=O)c1ccc(NC(=O)C(C)(C)C)cc1. The van der Waals surface area contributed by atoms with Gasteiger partial charge in [0, 0.05) is 22.7 Å². The third-order valence-corrected chi connectivity index (χ3v) is 6.86. The van der Waals surface area contributed by atoms with Crippen molar-refractivity contribution in [2.75, 3.05) is 15.9 Å². The lowest BCUT2D eigenvalue weighted by Gasteiger charge is -2.22. The molecule has 2 atom stereocenters. The number of amides is 1. The predicted molar refractivity (Wildman–Crippen MR) is 131 cm³/mol. The molecule has 0 bridgehead atoms. The first kappa shape index (κ1) is 25.4.